The van der Waals surface area contributed by atoms with Crippen molar-refractivity contribution < 1.29 is 18.4 Å². The fourth-order valence-corrected chi connectivity index (χ4v) is 4.09. The van der Waals surface area contributed by atoms with Crippen LogP contribution in [0.1, 0.15) is 46.6 Å². The number of alkyl halides is 1. The number of likely N-dealkylation sites (tertiary alicyclic amines) is 1. The second-order valence-corrected chi connectivity index (χ2v) is 8.63. The molecule has 0 aliphatic carbocycles. The summed E-state index contributed by atoms with van der Waals surface area (Å²) in [6.45, 7) is 3.45. The smallest absolute Gasteiger partial charge is 0.276 e. The van der Waals surface area contributed by atoms with Crippen LogP contribution in [0.5, 0.6) is 0 Å². The lowest BCUT2D eigenvalue weighted by atomic mass is 10.0. The molecule has 1 aliphatic heterocycles. The Hall–Kier alpha value is -3.77. The molecule has 35 heavy (non-hydrogen) atoms. The van der Waals surface area contributed by atoms with Gasteiger partial charge in [-0.3, -0.25) is 14.3 Å². The van der Waals surface area contributed by atoms with Gasteiger partial charge in [0.05, 0.1) is 23.8 Å². The summed E-state index contributed by atoms with van der Waals surface area (Å²) in [6.07, 6.45) is 1.72. The molecule has 2 amide bonds. The summed E-state index contributed by atoms with van der Waals surface area (Å²) >= 11 is 6.23. The molecule has 2 atom stereocenters. The van der Waals surface area contributed by atoms with Gasteiger partial charge in [0.2, 0.25) is 5.91 Å². The van der Waals surface area contributed by atoms with E-state index in [9.17, 15) is 18.4 Å². The highest BCUT2D eigenvalue weighted by molar-refractivity contribution is 6.34. The van der Waals surface area contributed by atoms with E-state index in [1.807, 2.05) is 0 Å². The van der Waals surface area contributed by atoms with Crippen molar-refractivity contribution >= 4 is 29.2 Å². The third kappa shape index (κ3) is 5.49. The summed E-state index contributed by atoms with van der Waals surface area (Å²) in [5.74, 6) is 5.08. The second kappa shape index (κ2) is 10.2. The number of rotatable bonds is 3. The molecule has 7 nitrogen and oxygen atoms in total. The maximum atomic E-state index is 14.9. The summed E-state index contributed by atoms with van der Waals surface area (Å²) < 4.78 is 29.2. The highest BCUT2D eigenvalue weighted by Gasteiger charge is 2.35. The number of carbonyl (C=O) groups is 2. The van der Waals surface area contributed by atoms with E-state index in [1.165, 1.54) is 41.0 Å². The summed E-state index contributed by atoms with van der Waals surface area (Å²) in [5.41, 5.74) is 1.96. The van der Waals surface area contributed by atoms with Crippen molar-refractivity contribution in [2.45, 2.75) is 32.5 Å². The largest absolute Gasteiger partial charge is 0.340 e. The molecule has 10 heteroatoms. The molecule has 0 bridgehead atoms. The lowest BCUT2D eigenvalue weighted by Gasteiger charge is -2.34. The van der Waals surface area contributed by atoms with Gasteiger partial charge < -0.3 is 10.2 Å². The number of aryl methyl sites for hydroxylation is 1. The molecule has 0 saturated carbocycles. The molecule has 0 spiro atoms. The summed E-state index contributed by atoms with van der Waals surface area (Å²) in [4.78, 5) is 30.4. The average Bonchev–Trinajstić information content (AvgIpc) is 3.21. The quantitative estimate of drug-likeness (QED) is 0.551. The minimum absolute atomic E-state index is 0.0250. The van der Waals surface area contributed by atoms with Crippen LogP contribution in [0.3, 0.4) is 0 Å². The molecule has 180 valence electrons. The van der Waals surface area contributed by atoms with Crippen molar-refractivity contribution in [3.05, 3.63) is 75.9 Å². The number of carbonyl (C=O) groups excluding carboxylic acids is 2. The van der Waals surface area contributed by atoms with Gasteiger partial charge in [0, 0.05) is 30.8 Å². The van der Waals surface area contributed by atoms with Crippen LogP contribution >= 0.6 is 11.6 Å². The van der Waals surface area contributed by atoms with Gasteiger partial charge in [0.15, 0.2) is 0 Å². The number of amides is 2. The number of anilines is 1. The Morgan fingerprint density at radius 2 is 1.89 bits per heavy atom. The highest BCUT2D eigenvalue weighted by atomic mass is 35.5. The van der Waals surface area contributed by atoms with E-state index in [-0.39, 0.29) is 29.0 Å². The Balaban J connectivity index is 1.50. The minimum atomic E-state index is -1.39. The van der Waals surface area contributed by atoms with Crippen LogP contribution in [0, 0.1) is 24.6 Å². The van der Waals surface area contributed by atoms with Gasteiger partial charge in [0.25, 0.3) is 5.91 Å². The van der Waals surface area contributed by atoms with Crippen LogP contribution in [0.25, 0.3) is 0 Å². The molecule has 1 unspecified atom stereocenters. The van der Waals surface area contributed by atoms with Crippen LogP contribution in [0.2, 0.25) is 5.02 Å². The van der Waals surface area contributed by atoms with Crippen LogP contribution in [-0.2, 0) is 4.79 Å². The molecule has 2 aromatic heterocycles. The van der Waals surface area contributed by atoms with Crippen molar-refractivity contribution in [2.75, 3.05) is 18.4 Å². The zero-order chi connectivity index (χ0) is 25.1. The number of hydrogen-bond donors (Lipinski definition) is 1. The molecular weight excluding hydrogens is 476 g/mol. The van der Waals surface area contributed by atoms with E-state index >= 15 is 0 Å². The van der Waals surface area contributed by atoms with Crippen molar-refractivity contribution in [3.8, 4) is 11.8 Å². The first-order valence-corrected chi connectivity index (χ1v) is 11.3. The first-order valence-electron chi connectivity index (χ1n) is 10.9. The number of pyridine rings is 1. The Bertz CT molecular complexity index is 1330. The van der Waals surface area contributed by atoms with E-state index in [0.29, 0.717) is 35.5 Å². The third-order valence-corrected chi connectivity index (χ3v) is 6.01. The van der Waals surface area contributed by atoms with Crippen molar-refractivity contribution in [2.24, 2.45) is 0 Å². The maximum Gasteiger partial charge on any atom is 0.276 e. The number of benzene rings is 1. The molecule has 1 aliphatic rings. The summed E-state index contributed by atoms with van der Waals surface area (Å²) in [7, 11) is 0. The van der Waals surface area contributed by atoms with E-state index < -0.39 is 18.1 Å². The van der Waals surface area contributed by atoms with Gasteiger partial charge in [0.1, 0.15) is 23.5 Å². The normalized spacial score (nSPS) is 17.5. The number of nitrogens with one attached hydrogen (secondary N) is 1. The lowest BCUT2D eigenvalue weighted by Crippen LogP contribution is -2.45. The molecule has 1 N–H and O–H groups in total. The van der Waals surface area contributed by atoms with Gasteiger partial charge in [-0.1, -0.05) is 23.4 Å². The van der Waals surface area contributed by atoms with Gasteiger partial charge in [-0.05, 0) is 49.2 Å². The number of aromatic nitrogens is 3. The molecule has 4 rings (SSSR count). The molecule has 3 aromatic rings. The van der Waals surface area contributed by atoms with Crippen molar-refractivity contribution in [1.29, 1.82) is 0 Å². The van der Waals surface area contributed by atoms with Crippen LogP contribution in [0.4, 0.5) is 14.6 Å². The standard InChI is InChI=1S/C25H22ClF2N5O2/c1-15-11-18(4-3-17-5-7-19(27)8-6-17)12-29-24(15)31-25(35)23-20(26)13-30-33(23)22-9-10-32(16(2)34)14-21(22)28/h5-8,11-13,21-22H,9-10,14H2,1-2H3,(H,29,31,35)/t21-,22?/m1/s1. The van der Waals surface area contributed by atoms with Crippen molar-refractivity contribution in [3.63, 3.8) is 0 Å². The van der Waals surface area contributed by atoms with E-state index in [1.54, 1.807) is 25.1 Å². The van der Waals surface area contributed by atoms with Gasteiger partial charge in [-0.2, -0.15) is 5.10 Å². The van der Waals surface area contributed by atoms with Crippen LogP contribution in [0.15, 0.2) is 42.7 Å². The molecule has 0 radical (unpaired) electrons. The monoisotopic (exact) mass is 497 g/mol. The Morgan fingerprint density at radius 3 is 2.54 bits per heavy atom. The van der Waals surface area contributed by atoms with Crippen LogP contribution in [-0.4, -0.2) is 50.7 Å². The van der Waals surface area contributed by atoms with Gasteiger partial charge in [-0.25, -0.2) is 13.8 Å². The first-order chi connectivity index (χ1) is 16.7. The summed E-state index contributed by atoms with van der Waals surface area (Å²) in [6, 6.07) is 6.86. The average molecular weight is 498 g/mol. The third-order valence-electron chi connectivity index (χ3n) is 5.74. The van der Waals surface area contributed by atoms with Gasteiger partial charge >= 0.3 is 0 Å². The fourth-order valence-electron chi connectivity index (χ4n) is 3.88. The number of nitrogens with zero attached hydrogens (tertiary/aromatic N) is 4. The van der Waals surface area contributed by atoms with Crippen LogP contribution < -0.4 is 5.32 Å². The topological polar surface area (TPSA) is 80.1 Å². The van der Waals surface area contributed by atoms with Crippen molar-refractivity contribution in [1.82, 2.24) is 19.7 Å². The zero-order valence-electron chi connectivity index (χ0n) is 19.1. The highest BCUT2D eigenvalue weighted by Crippen LogP contribution is 2.29. The molecule has 1 fully saturated rings. The zero-order valence-corrected chi connectivity index (χ0v) is 19.8. The number of halogens is 3. The lowest BCUT2D eigenvalue weighted by molar-refractivity contribution is -0.131. The van der Waals surface area contributed by atoms with Gasteiger partial charge in [-0.15, -0.1) is 0 Å². The fraction of sp³-hybridized carbons (Fsp3) is 0.280. The maximum absolute atomic E-state index is 14.9. The molecular formula is C25H22ClF2N5O2. The molecule has 3 heterocycles. The Kier molecular flexibility index (Phi) is 7.12. The SMILES string of the molecule is CC(=O)N1CCC(n2ncc(Cl)c2C(=O)Nc2ncc(C#Cc3ccc(F)cc3)cc2C)[C@H](F)C1. The predicted molar refractivity (Wildman–Crippen MR) is 127 cm³/mol. The van der Waals surface area contributed by atoms with E-state index in [2.05, 4.69) is 27.2 Å². The number of hydrogen-bond acceptors (Lipinski definition) is 4. The molecule has 1 aromatic carbocycles. The Morgan fingerprint density at radius 1 is 1.17 bits per heavy atom. The Labute approximate surface area is 206 Å². The predicted octanol–water partition coefficient (Wildman–Crippen LogP) is 4.16. The van der Waals surface area contributed by atoms with E-state index in [4.69, 9.17) is 11.6 Å². The van der Waals surface area contributed by atoms with E-state index in [0.717, 1.165) is 0 Å². The first kappa shape index (κ1) is 24.4. The summed E-state index contributed by atoms with van der Waals surface area (Å²) in [5, 5.41) is 6.93. The second-order valence-electron chi connectivity index (χ2n) is 8.22. The number of piperidine rings is 1. The molecule has 1 saturated heterocycles. The minimum Gasteiger partial charge on any atom is -0.340 e.